The lowest BCUT2D eigenvalue weighted by Gasteiger charge is -2.13. The van der Waals surface area contributed by atoms with Crippen LogP contribution in [0.1, 0.15) is 17.3 Å². The molecule has 1 aromatic carbocycles. The van der Waals surface area contributed by atoms with Crippen molar-refractivity contribution in [2.45, 2.75) is 6.92 Å². The fourth-order valence-electron chi connectivity index (χ4n) is 1.46. The molecule has 0 bridgehead atoms. The maximum atomic E-state index is 12.9. The molecule has 1 rings (SSSR count). The fraction of sp³-hybridized carbons (Fsp3) is 0.333. The van der Waals surface area contributed by atoms with Gasteiger partial charge in [0.2, 0.25) is 5.91 Å². The molecule has 1 amide bonds. The standard InChI is InChI=1S/C12H15FN2O3/c1-7(6-14-2)11(16)15-10-4-3-8(13)5-9(10)12(17)18/h3-5,7,14H,6H2,1-2H3,(H,15,16)(H,17,18). The van der Waals surface area contributed by atoms with Crippen molar-refractivity contribution in [3.63, 3.8) is 0 Å². The van der Waals surface area contributed by atoms with Crippen molar-refractivity contribution >= 4 is 17.6 Å². The second-order valence-corrected chi connectivity index (χ2v) is 3.94. The molecule has 6 heteroatoms. The summed E-state index contributed by atoms with van der Waals surface area (Å²) in [5, 5.41) is 14.2. The van der Waals surface area contributed by atoms with Gasteiger partial charge >= 0.3 is 5.97 Å². The Labute approximate surface area is 104 Å². The molecule has 0 aliphatic carbocycles. The van der Waals surface area contributed by atoms with Crippen molar-refractivity contribution in [3.8, 4) is 0 Å². The SMILES string of the molecule is CNCC(C)C(=O)Nc1ccc(F)cc1C(=O)O. The van der Waals surface area contributed by atoms with E-state index in [1.807, 2.05) is 0 Å². The van der Waals surface area contributed by atoms with Crippen molar-refractivity contribution in [3.05, 3.63) is 29.6 Å². The number of nitrogens with one attached hydrogen (secondary N) is 2. The maximum Gasteiger partial charge on any atom is 0.337 e. The second kappa shape index (κ2) is 6.11. The Bertz CT molecular complexity index is 463. The van der Waals surface area contributed by atoms with Crippen molar-refractivity contribution in [1.82, 2.24) is 5.32 Å². The molecule has 98 valence electrons. The van der Waals surface area contributed by atoms with Crippen LogP contribution in [0, 0.1) is 11.7 Å². The minimum absolute atomic E-state index is 0.0943. The molecule has 0 spiro atoms. The van der Waals surface area contributed by atoms with E-state index in [1.54, 1.807) is 14.0 Å². The highest BCUT2D eigenvalue weighted by Gasteiger charge is 2.17. The first-order chi connectivity index (χ1) is 8.45. The van der Waals surface area contributed by atoms with Crippen LogP contribution in [0.2, 0.25) is 0 Å². The summed E-state index contributed by atoms with van der Waals surface area (Å²) < 4.78 is 12.9. The molecule has 1 unspecified atom stereocenters. The average Bonchev–Trinajstić information content (AvgIpc) is 2.31. The molecule has 5 nitrogen and oxygen atoms in total. The minimum Gasteiger partial charge on any atom is -0.478 e. The van der Waals surface area contributed by atoms with Crippen LogP contribution in [0.25, 0.3) is 0 Å². The molecule has 0 aromatic heterocycles. The molecule has 1 aromatic rings. The summed E-state index contributed by atoms with van der Waals surface area (Å²) in [6.07, 6.45) is 0. The Kier molecular flexibility index (Phi) is 4.79. The quantitative estimate of drug-likeness (QED) is 0.740. The summed E-state index contributed by atoms with van der Waals surface area (Å²) >= 11 is 0. The van der Waals surface area contributed by atoms with Gasteiger partial charge in [0.05, 0.1) is 11.3 Å². The van der Waals surface area contributed by atoms with E-state index in [0.717, 1.165) is 12.1 Å². The average molecular weight is 254 g/mol. The Hall–Kier alpha value is -1.95. The molecule has 1 atom stereocenters. The molecule has 0 saturated carbocycles. The molecule has 0 fully saturated rings. The molecular formula is C12H15FN2O3. The van der Waals surface area contributed by atoms with Crippen LogP contribution < -0.4 is 10.6 Å². The first kappa shape index (κ1) is 14.1. The zero-order valence-corrected chi connectivity index (χ0v) is 10.2. The van der Waals surface area contributed by atoms with Crippen LogP contribution in [-0.4, -0.2) is 30.6 Å². The van der Waals surface area contributed by atoms with Gasteiger partial charge in [-0.05, 0) is 25.2 Å². The number of carboxylic acids is 1. The third-order valence-electron chi connectivity index (χ3n) is 2.43. The van der Waals surface area contributed by atoms with E-state index in [-0.39, 0.29) is 23.1 Å². The largest absolute Gasteiger partial charge is 0.478 e. The molecule has 0 aliphatic rings. The van der Waals surface area contributed by atoms with E-state index in [0.29, 0.717) is 6.54 Å². The summed E-state index contributed by atoms with van der Waals surface area (Å²) in [6, 6.07) is 3.22. The number of carbonyl (C=O) groups excluding carboxylic acids is 1. The first-order valence-electron chi connectivity index (χ1n) is 5.44. The van der Waals surface area contributed by atoms with Gasteiger partial charge in [-0.3, -0.25) is 4.79 Å². The highest BCUT2D eigenvalue weighted by molar-refractivity contribution is 6.01. The van der Waals surface area contributed by atoms with Crippen LogP contribution in [0.4, 0.5) is 10.1 Å². The van der Waals surface area contributed by atoms with E-state index in [9.17, 15) is 14.0 Å². The van der Waals surface area contributed by atoms with Gasteiger partial charge in [-0.25, -0.2) is 9.18 Å². The number of aromatic carboxylic acids is 1. The van der Waals surface area contributed by atoms with E-state index < -0.39 is 11.8 Å². The molecular weight excluding hydrogens is 239 g/mol. The van der Waals surface area contributed by atoms with E-state index >= 15 is 0 Å². The number of benzene rings is 1. The number of halogens is 1. The topological polar surface area (TPSA) is 78.4 Å². The van der Waals surface area contributed by atoms with Gasteiger partial charge < -0.3 is 15.7 Å². The van der Waals surface area contributed by atoms with Gasteiger partial charge in [0.1, 0.15) is 5.82 Å². The summed E-state index contributed by atoms with van der Waals surface area (Å²) in [7, 11) is 1.71. The number of carboxylic acid groups (broad SMARTS) is 1. The molecule has 0 heterocycles. The Morgan fingerprint density at radius 3 is 2.67 bits per heavy atom. The number of carbonyl (C=O) groups is 2. The first-order valence-corrected chi connectivity index (χ1v) is 5.44. The molecule has 0 saturated heterocycles. The Morgan fingerprint density at radius 2 is 2.11 bits per heavy atom. The van der Waals surface area contributed by atoms with E-state index in [2.05, 4.69) is 10.6 Å². The lowest BCUT2D eigenvalue weighted by Crippen LogP contribution is -2.29. The maximum absolute atomic E-state index is 12.9. The third-order valence-corrected chi connectivity index (χ3v) is 2.43. The molecule has 0 aliphatic heterocycles. The second-order valence-electron chi connectivity index (χ2n) is 3.94. The van der Waals surface area contributed by atoms with Gasteiger partial charge in [0.25, 0.3) is 0 Å². The van der Waals surface area contributed by atoms with Gasteiger partial charge in [0.15, 0.2) is 0 Å². The van der Waals surface area contributed by atoms with E-state index in [4.69, 9.17) is 5.11 Å². The number of hydrogen-bond acceptors (Lipinski definition) is 3. The Morgan fingerprint density at radius 1 is 1.44 bits per heavy atom. The lowest BCUT2D eigenvalue weighted by molar-refractivity contribution is -0.119. The Balaban J connectivity index is 2.90. The molecule has 3 N–H and O–H groups in total. The monoisotopic (exact) mass is 254 g/mol. The molecule has 0 radical (unpaired) electrons. The van der Waals surface area contributed by atoms with Crippen LogP contribution >= 0.6 is 0 Å². The van der Waals surface area contributed by atoms with Crippen LogP contribution in [-0.2, 0) is 4.79 Å². The van der Waals surface area contributed by atoms with Crippen molar-refractivity contribution < 1.29 is 19.1 Å². The van der Waals surface area contributed by atoms with Crippen molar-refractivity contribution in [2.75, 3.05) is 18.9 Å². The summed E-state index contributed by atoms with van der Waals surface area (Å²) in [5.74, 6) is -2.58. The van der Waals surface area contributed by atoms with Gasteiger partial charge in [-0.2, -0.15) is 0 Å². The van der Waals surface area contributed by atoms with Crippen LogP contribution in [0.15, 0.2) is 18.2 Å². The number of rotatable bonds is 5. The summed E-state index contributed by atoms with van der Waals surface area (Å²) in [6.45, 7) is 2.17. The van der Waals surface area contributed by atoms with Gasteiger partial charge in [-0.1, -0.05) is 6.92 Å². The predicted octanol–water partition coefficient (Wildman–Crippen LogP) is 1.32. The molecule has 18 heavy (non-hydrogen) atoms. The minimum atomic E-state index is -1.29. The normalized spacial score (nSPS) is 11.9. The summed E-state index contributed by atoms with van der Waals surface area (Å²) in [5.41, 5.74) is -0.170. The highest BCUT2D eigenvalue weighted by Crippen LogP contribution is 2.17. The zero-order valence-electron chi connectivity index (χ0n) is 10.2. The number of amides is 1. The summed E-state index contributed by atoms with van der Waals surface area (Å²) in [4.78, 5) is 22.6. The smallest absolute Gasteiger partial charge is 0.337 e. The number of hydrogen-bond donors (Lipinski definition) is 3. The van der Waals surface area contributed by atoms with Crippen LogP contribution in [0.3, 0.4) is 0 Å². The van der Waals surface area contributed by atoms with Gasteiger partial charge in [-0.15, -0.1) is 0 Å². The third kappa shape index (κ3) is 3.53. The lowest BCUT2D eigenvalue weighted by atomic mass is 10.1. The highest BCUT2D eigenvalue weighted by atomic mass is 19.1. The van der Waals surface area contributed by atoms with Crippen LogP contribution in [0.5, 0.6) is 0 Å². The predicted molar refractivity (Wildman–Crippen MR) is 65.1 cm³/mol. The number of anilines is 1. The van der Waals surface area contributed by atoms with E-state index in [1.165, 1.54) is 6.07 Å². The van der Waals surface area contributed by atoms with Crippen molar-refractivity contribution in [2.24, 2.45) is 5.92 Å². The fourth-order valence-corrected chi connectivity index (χ4v) is 1.46. The zero-order chi connectivity index (χ0) is 13.7. The van der Waals surface area contributed by atoms with Crippen molar-refractivity contribution in [1.29, 1.82) is 0 Å². The van der Waals surface area contributed by atoms with Gasteiger partial charge in [0, 0.05) is 12.5 Å².